The maximum absolute atomic E-state index is 13.2. The molecule has 7 heteroatoms. The zero-order valence-electron chi connectivity index (χ0n) is 19.6. The lowest BCUT2D eigenvalue weighted by Gasteiger charge is -2.10. The number of nitrogens with one attached hydrogen (secondary N) is 1. The van der Waals surface area contributed by atoms with Gasteiger partial charge in [0.25, 0.3) is 5.91 Å². The van der Waals surface area contributed by atoms with Crippen LogP contribution < -0.4 is 10.1 Å². The number of fused-ring (bicyclic) bond motifs is 1. The number of carbonyl (C=O) groups excluding carboxylic acids is 1. The molecule has 7 nitrogen and oxygen atoms in total. The number of ether oxygens (including phenoxy) is 1. The first-order valence-corrected chi connectivity index (χ1v) is 11.9. The molecule has 1 saturated carbocycles. The van der Waals surface area contributed by atoms with Crippen molar-refractivity contribution in [1.82, 2.24) is 25.1 Å². The molecular weight excluding hydrogens is 426 g/mol. The van der Waals surface area contributed by atoms with Crippen molar-refractivity contribution < 1.29 is 9.53 Å². The minimum Gasteiger partial charge on any atom is -0.494 e. The van der Waals surface area contributed by atoms with Crippen LogP contribution in [-0.4, -0.2) is 38.8 Å². The molecule has 4 aromatic rings. The number of nitrogens with zero attached hydrogens (tertiary/aromatic N) is 4. The molecular formula is C27H29N5O2. The second-order valence-electron chi connectivity index (χ2n) is 8.88. The maximum atomic E-state index is 13.2. The van der Waals surface area contributed by atoms with Crippen molar-refractivity contribution in [2.24, 2.45) is 0 Å². The van der Waals surface area contributed by atoms with Gasteiger partial charge in [-0.05, 0) is 69.9 Å². The number of carbonyl (C=O) groups is 1. The Labute approximate surface area is 199 Å². The highest BCUT2D eigenvalue weighted by Gasteiger charge is 2.29. The van der Waals surface area contributed by atoms with Crippen LogP contribution in [0.3, 0.4) is 0 Å². The number of unbranched alkanes of at least 4 members (excludes halogenated alkanes) is 1. The van der Waals surface area contributed by atoms with Gasteiger partial charge in [-0.3, -0.25) is 4.79 Å². The van der Waals surface area contributed by atoms with E-state index in [2.05, 4.69) is 22.3 Å². The Hall–Kier alpha value is -3.74. The Kier molecular flexibility index (Phi) is 6.25. The monoisotopic (exact) mass is 455 g/mol. The maximum Gasteiger partial charge on any atom is 0.252 e. The van der Waals surface area contributed by atoms with Crippen molar-refractivity contribution in [2.45, 2.75) is 45.4 Å². The summed E-state index contributed by atoms with van der Waals surface area (Å²) >= 11 is 0. The summed E-state index contributed by atoms with van der Waals surface area (Å²) in [4.78, 5) is 22.5. The lowest BCUT2D eigenvalue weighted by molar-refractivity contribution is 0.0953. The van der Waals surface area contributed by atoms with Gasteiger partial charge in [0, 0.05) is 24.4 Å². The minimum atomic E-state index is -0.0857. The quantitative estimate of drug-likeness (QED) is 0.363. The Morgan fingerprint density at radius 2 is 1.94 bits per heavy atom. The highest BCUT2D eigenvalue weighted by atomic mass is 16.5. The van der Waals surface area contributed by atoms with Gasteiger partial charge in [0.05, 0.1) is 23.3 Å². The number of hydrogen-bond donors (Lipinski definition) is 1. The summed E-state index contributed by atoms with van der Waals surface area (Å²) in [5.74, 6) is 1.91. The fourth-order valence-electron chi connectivity index (χ4n) is 4.06. The second kappa shape index (κ2) is 9.63. The van der Waals surface area contributed by atoms with E-state index in [0.717, 1.165) is 48.2 Å². The molecule has 0 spiro atoms. The van der Waals surface area contributed by atoms with Gasteiger partial charge in [-0.15, -0.1) is 0 Å². The SMILES string of the molecule is Cc1ccc(OCCCCNC(=O)c2cc(C3CC3)nc3c2c(C)nn3-c2ccccn2)cc1. The number of pyridine rings is 2. The zero-order valence-corrected chi connectivity index (χ0v) is 19.6. The van der Waals surface area contributed by atoms with Crippen LogP contribution in [-0.2, 0) is 0 Å². The predicted octanol–water partition coefficient (Wildman–Crippen LogP) is 4.90. The molecule has 0 aliphatic heterocycles. The van der Waals surface area contributed by atoms with Crippen LogP contribution in [0.5, 0.6) is 5.75 Å². The van der Waals surface area contributed by atoms with Crippen molar-refractivity contribution >= 4 is 16.9 Å². The number of aromatic nitrogens is 4. The molecule has 5 rings (SSSR count). The molecule has 174 valence electrons. The minimum absolute atomic E-state index is 0.0857. The zero-order chi connectivity index (χ0) is 23.5. The molecule has 1 fully saturated rings. The summed E-state index contributed by atoms with van der Waals surface area (Å²) < 4.78 is 7.53. The van der Waals surface area contributed by atoms with Crippen LogP contribution in [0, 0.1) is 13.8 Å². The first kappa shape index (κ1) is 22.1. The Balaban J connectivity index is 1.28. The summed E-state index contributed by atoms with van der Waals surface area (Å²) in [7, 11) is 0. The van der Waals surface area contributed by atoms with E-state index in [9.17, 15) is 4.79 Å². The van der Waals surface area contributed by atoms with E-state index in [4.69, 9.17) is 9.72 Å². The highest BCUT2D eigenvalue weighted by molar-refractivity contribution is 6.06. The molecule has 0 atom stereocenters. The number of rotatable bonds is 9. The summed E-state index contributed by atoms with van der Waals surface area (Å²) in [5, 5.41) is 8.55. The van der Waals surface area contributed by atoms with E-state index >= 15 is 0 Å². The largest absolute Gasteiger partial charge is 0.494 e. The number of hydrogen-bond acceptors (Lipinski definition) is 5. The second-order valence-corrected chi connectivity index (χ2v) is 8.88. The molecule has 1 aromatic carbocycles. The topological polar surface area (TPSA) is 81.9 Å². The van der Waals surface area contributed by atoms with E-state index < -0.39 is 0 Å². The Bertz CT molecular complexity index is 1290. The van der Waals surface area contributed by atoms with Crippen LogP contribution >= 0.6 is 0 Å². The van der Waals surface area contributed by atoms with Gasteiger partial charge < -0.3 is 10.1 Å². The third-order valence-electron chi connectivity index (χ3n) is 6.09. The normalized spacial score (nSPS) is 13.2. The Morgan fingerprint density at radius 1 is 1.12 bits per heavy atom. The van der Waals surface area contributed by atoms with Crippen LogP contribution in [0.1, 0.15) is 58.9 Å². The van der Waals surface area contributed by atoms with E-state index in [0.29, 0.717) is 36.1 Å². The lowest BCUT2D eigenvalue weighted by Crippen LogP contribution is -2.25. The third kappa shape index (κ3) is 4.78. The molecule has 1 aliphatic rings. The molecule has 3 heterocycles. The third-order valence-corrected chi connectivity index (χ3v) is 6.09. The summed E-state index contributed by atoms with van der Waals surface area (Å²) in [5.41, 5.74) is 4.28. The van der Waals surface area contributed by atoms with Crippen LogP contribution in [0.15, 0.2) is 54.7 Å². The van der Waals surface area contributed by atoms with Gasteiger partial charge in [0.15, 0.2) is 11.5 Å². The van der Waals surface area contributed by atoms with E-state index in [1.165, 1.54) is 5.56 Å². The molecule has 34 heavy (non-hydrogen) atoms. The molecule has 0 saturated heterocycles. The average Bonchev–Trinajstić information content (AvgIpc) is 3.66. The van der Waals surface area contributed by atoms with Crippen molar-refractivity contribution in [3.8, 4) is 11.6 Å². The van der Waals surface area contributed by atoms with Crippen molar-refractivity contribution in [3.05, 3.63) is 77.2 Å². The fourth-order valence-corrected chi connectivity index (χ4v) is 4.06. The predicted molar refractivity (Wildman–Crippen MR) is 132 cm³/mol. The molecule has 1 N–H and O–H groups in total. The van der Waals surface area contributed by atoms with Crippen LogP contribution in [0.25, 0.3) is 16.9 Å². The fraction of sp³-hybridized carbons (Fsp3) is 0.333. The number of amides is 1. The molecule has 0 bridgehead atoms. The molecule has 0 radical (unpaired) electrons. The average molecular weight is 456 g/mol. The van der Waals surface area contributed by atoms with E-state index in [1.54, 1.807) is 10.9 Å². The first-order chi connectivity index (χ1) is 16.6. The summed E-state index contributed by atoms with van der Waals surface area (Å²) in [6.45, 7) is 5.19. The summed E-state index contributed by atoms with van der Waals surface area (Å²) in [6.07, 6.45) is 5.66. The molecule has 0 unspecified atom stereocenters. The molecule has 1 aliphatic carbocycles. The van der Waals surface area contributed by atoms with Gasteiger partial charge >= 0.3 is 0 Å². The van der Waals surface area contributed by atoms with Gasteiger partial charge in [-0.25, -0.2) is 9.97 Å². The standard InChI is InChI=1S/C27H29N5O2/c1-18-8-12-21(13-9-18)34-16-6-5-15-29-27(33)22-17-23(20-10-11-20)30-26-25(22)19(2)31-32(26)24-7-3-4-14-28-24/h3-4,7-9,12-14,17,20H,5-6,10-11,15-16H2,1-2H3,(H,29,33). The Morgan fingerprint density at radius 3 is 2.68 bits per heavy atom. The van der Waals surface area contributed by atoms with Crippen molar-refractivity contribution in [3.63, 3.8) is 0 Å². The lowest BCUT2D eigenvalue weighted by atomic mass is 10.1. The van der Waals surface area contributed by atoms with Gasteiger partial charge in [0.1, 0.15) is 5.75 Å². The van der Waals surface area contributed by atoms with E-state index in [1.807, 2.05) is 55.5 Å². The van der Waals surface area contributed by atoms with Crippen molar-refractivity contribution in [1.29, 1.82) is 0 Å². The van der Waals surface area contributed by atoms with Crippen LogP contribution in [0.2, 0.25) is 0 Å². The molecule has 1 amide bonds. The molecule has 3 aromatic heterocycles. The van der Waals surface area contributed by atoms with Gasteiger partial charge in [-0.2, -0.15) is 9.78 Å². The highest BCUT2D eigenvalue weighted by Crippen LogP contribution is 2.40. The first-order valence-electron chi connectivity index (χ1n) is 11.9. The van der Waals surface area contributed by atoms with Crippen molar-refractivity contribution in [2.75, 3.05) is 13.2 Å². The van der Waals surface area contributed by atoms with Gasteiger partial charge in [-0.1, -0.05) is 23.8 Å². The summed E-state index contributed by atoms with van der Waals surface area (Å²) in [6, 6.07) is 15.7. The number of benzene rings is 1. The van der Waals surface area contributed by atoms with Crippen LogP contribution in [0.4, 0.5) is 0 Å². The number of aryl methyl sites for hydroxylation is 2. The van der Waals surface area contributed by atoms with E-state index in [-0.39, 0.29) is 5.91 Å². The smallest absolute Gasteiger partial charge is 0.252 e. The van der Waals surface area contributed by atoms with Gasteiger partial charge in [0.2, 0.25) is 0 Å².